The van der Waals surface area contributed by atoms with Crippen molar-refractivity contribution in [2.75, 3.05) is 0 Å². The van der Waals surface area contributed by atoms with Crippen molar-refractivity contribution in [1.29, 1.82) is 0 Å². The minimum absolute atomic E-state index is 0.836. The average Bonchev–Trinajstić information content (AvgIpc) is 4.06. The van der Waals surface area contributed by atoms with E-state index < -0.39 is 0 Å². The van der Waals surface area contributed by atoms with E-state index in [9.17, 15) is 0 Å². The van der Waals surface area contributed by atoms with E-state index >= 15 is 0 Å². The Labute approximate surface area is 396 Å². The normalized spacial score (nSPS) is 11.8. The van der Waals surface area contributed by atoms with E-state index in [1.54, 1.807) is 0 Å². The number of hydrogen-bond donors (Lipinski definition) is 0. The van der Waals surface area contributed by atoms with E-state index in [0.29, 0.717) is 0 Å². The number of nitrogens with zero attached hydrogens (tertiary/aromatic N) is 7. The molecular weight excluding hydrogens is 843 g/mol. The van der Waals surface area contributed by atoms with Gasteiger partial charge in [-0.3, -0.25) is 9.97 Å². The highest BCUT2D eigenvalue weighted by Crippen LogP contribution is 2.40. The third kappa shape index (κ3) is 6.29. The van der Waals surface area contributed by atoms with Gasteiger partial charge >= 0.3 is 0 Å². The van der Waals surface area contributed by atoms with Crippen LogP contribution in [0.5, 0.6) is 0 Å². The van der Waals surface area contributed by atoms with Crippen LogP contribution >= 0.6 is 0 Å². The molecule has 69 heavy (non-hydrogen) atoms. The van der Waals surface area contributed by atoms with Crippen LogP contribution in [-0.2, 0) is 0 Å². The lowest BCUT2D eigenvalue weighted by Gasteiger charge is -2.13. The van der Waals surface area contributed by atoms with Crippen LogP contribution in [0.3, 0.4) is 0 Å². The molecule has 0 atom stereocenters. The molecule has 14 aromatic rings. The van der Waals surface area contributed by atoms with Gasteiger partial charge in [0.25, 0.3) is 0 Å². The molecule has 0 fully saturated rings. The molecule has 0 saturated carbocycles. The quantitative estimate of drug-likeness (QED) is 0.160. The van der Waals surface area contributed by atoms with Gasteiger partial charge in [0, 0.05) is 56.3 Å². The van der Waals surface area contributed by atoms with Crippen LogP contribution in [0.15, 0.2) is 237 Å². The van der Waals surface area contributed by atoms with Crippen LogP contribution in [0, 0.1) is 0 Å². The van der Waals surface area contributed by atoms with Crippen LogP contribution in [-0.4, -0.2) is 33.6 Å². The lowest BCUT2D eigenvalue weighted by Crippen LogP contribution is -1.98. The second-order valence-electron chi connectivity index (χ2n) is 17.5. The molecule has 7 heteroatoms. The van der Waals surface area contributed by atoms with Crippen molar-refractivity contribution in [3.8, 4) is 62.0 Å². The van der Waals surface area contributed by atoms with Gasteiger partial charge in [-0.1, -0.05) is 133 Å². The van der Waals surface area contributed by atoms with Gasteiger partial charge < -0.3 is 13.7 Å². The van der Waals surface area contributed by atoms with Crippen LogP contribution in [0.25, 0.3) is 128 Å². The van der Waals surface area contributed by atoms with Gasteiger partial charge in [0.2, 0.25) is 0 Å². The largest absolute Gasteiger partial charge is 0.309 e. The first-order valence-electron chi connectivity index (χ1n) is 23.2. The van der Waals surface area contributed by atoms with Gasteiger partial charge in [-0.25, -0.2) is 9.97 Å². The lowest BCUT2D eigenvalue weighted by molar-refractivity contribution is 1.14. The molecule has 0 aliphatic rings. The minimum Gasteiger partial charge on any atom is -0.309 e. The molecule has 0 radical (unpaired) electrons. The fourth-order valence-electron chi connectivity index (χ4n) is 10.4. The molecule has 0 spiro atoms. The van der Waals surface area contributed by atoms with Gasteiger partial charge in [-0.05, 0) is 96.1 Å². The molecule has 322 valence electrons. The fourth-order valence-corrected chi connectivity index (χ4v) is 10.4. The van der Waals surface area contributed by atoms with E-state index in [2.05, 4.69) is 208 Å². The topological polar surface area (TPSA) is 66.3 Å². The highest BCUT2D eigenvalue weighted by Gasteiger charge is 2.20. The van der Waals surface area contributed by atoms with Crippen LogP contribution in [0.4, 0.5) is 0 Å². The first kappa shape index (κ1) is 38.8. The summed E-state index contributed by atoms with van der Waals surface area (Å²) in [4.78, 5) is 20.2. The number of aromatic nitrogens is 7. The van der Waals surface area contributed by atoms with Crippen molar-refractivity contribution in [3.63, 3.8) is 0 Å². The predicted molar refractivity (Wildman–Crippen MR) is 282 cm³/mol. The van der Waals surface area contributed by atoms with E-state index in [0.717, 1.165) is 106 Å². The number of fused-ring (bicyclic) bond motifs is 9. The summed E-state index contributed by atoms with van der Waals surface area (Å²) in [6, 6.07) is 77.4. The Balaban J connectivity index is 0.904. The Kier molecular flexibility index (Phi) is 8.75. The van der Waals surface area contributed by atoms with Crippen molar-refractivity contribution >= 4 is 65.7 Å². The number of benzene rings is 7. The maximum atomic E-state index is 5.29. The van der Waals surface area contributed by atoms with Gasteiger partial charge in [0.15, 0.2) is 0 Å². The smallest absolute Gasteiger partial charge is 0.115 e. The van der Waals surface area contributed by atoms with Gasteiger partial charge in [-0.15, -0.1) is 0 Å². The van der Waals surface area contributed by atoms with E-state index in [4.69, 9.17) is 19.9 Å². The SMILES string of the molecule is c1ccc(-c2cc(-n3c4ccccc4c4cc(-c5ccc6c7ccccc7n(-c7cncc(-c8ccc9c(n8)c8ncccc8n9-c8ccccc8)c7)c6c5)ccc43)cc(-c3ccccc3)n2)cc1. The maximum Gasteiger partial charge on any atom is 0.115 e. The molecule has 7 aromatic heterocycles. The predicted octanol–water partition coefficient (Wildman–Crippen LogP) is 15.2. The molecule has 0 unspecified atom stereocenters. The second-order valence-corrected chi connectivity index (χ2v) is 17.5. The molecule has 7 aromatic carbocycles. The zero-order chi connectivity index (χ0) is 45.4. The van der Waals surface area contributed by atoms with Crippen LogP contribution in [0.2, 0.25) is 0 Å². The van der Waals surface area contributed by atoms with E-state index in [1.165, 1.54) is 21.5 Å². The monoisotopic (exact) mass is 881 g/mol. The number of pyridine rings is 4. The highest BCUT2D eigenvalue weighted by molar-refractivity contribution is 6.13. The molecule has 0 aliphatic carbocycles. The summed E-state index contributed by atoms with van der Waals surface area (Å²) in [5.74, 6) is 0. The average molecular weight is 882 g/mol. The molecule has 0 saturated heterocycles. The van der Waals surface area contributed by atoms with Gasteiger partial charge in [-0.2, -0.15) is 0 Å². The van der Waals surface area contributed by atoms with Crippen molar-refractivity contribution in [1.82, 2.24) is 33.6 Å². The molecular formula is C62H39N7. The van der Waals surface area contributed by atoms with Crippen LogP contribution < -0.4 is 0 Å². The van der Waals surface area contributed by atoms with Crippen LogP contribution in [0.1, 0.15) is 0 Å². The second kappa shape index (κ2) is 15.6. The Morgan fingerprint density at radius 3 is 1.57 bits per heavy atom. The van der Waals surface area contributed by atoms with Crippen molar-refractivity contribution in [2.45, 2.75) is 0 Å². The summed E-state index contributed by atoms with van der Waals surface area (Å²) in [5, 5.41) is 4.74. The molecule has 14 rings (SSSR count). The summed E-state index contributed by atoms with van der Waals surface area (Å²) in [7, 11) is 0. The number of para-hydroxylation sites is 3. The Morgan fingerprint density at radius 1 is 0.275 bits per heavy atom. The Morgan fingerprint density at radius 2 is 0.826 bits per heavy atom. The van der Waals surface area contributed by atoms with Crippen molar-refractivity contribution in [2.24, 2.45) is 0 Å². The first-order valence-corrected chi connectivity index (χ1v) is 23.2. The Bertz CT molecular complexity index is 4240. The van der Waals surface area contributed by atoms with Crippen molar-refractivity contribution in [3.05, 3.63) is 237 Å². The third-order valence-electron chi connectivity index (χ3n) is 13.5. The standard InChI is InChI=1S/C62H39N7/c1-4-15-40(16-5-1)53-36-46(37-54(65-53)41-17-6-2-7-18-41)68-56-24-13-11-22-49(56)51-34-42(27-30-57(51)68)43-26-28-50-48-21-10-12-23-55(48)69(60(50)35-43)47-33-44(38-63-39-47)52-29-31-59-62(66-52)61-58(25-14-32-64-61)67(59)45-19-8-3-9-20-45/h1-39H. The Hall–Kier alpha value is -9.46. The lowest BCUT2D eigenvalue weighted by atomic mass is 10.0. The van der Waals surface area contributed by atoms with Gasteiger partial charge in [0.1, 0.15) is 11.0 Å². The summed E-state index contributed by atoms with van der Waals surface area (Å²) < 4.78 is 6.97. The summed E-state index contributed by atoms with van der Waals surface area (Å²) in [6.07, 6.45) is 5.70. The van der Waals surface area contributed by atoms with Gasteiger partial charge in [0.05, 0.1) is 67.8 Å². The molecule has 0 amide bonds. The third-order valence-corrected chi connectivity index (χ3v) is 13.5. The maximum absolute atomic E-state index is 5.29. The van der Waals surface area contributed by atoms with E-state index in [-0.39, 0.29) is 0 Å². The van der Waals surface area contributed by atoms with E-state index in [1.807, 2.05) is 42.9 Å². The molecule has 0 aliphatic heterocycles. The summed E-state index contributed by atoms with van der Waals surface area (Å²) in [6.45, 7) is 0. The molecule has 7 nitrogen and oxygen atoms in total. The first-order chi connectivity index (χ1) is 34.2. The molecule has 0 bridgehead atoms. The number of hydrogen-bond acceptors (Lipinski definition) is 4. The molecule has 7 heterocycles. The number of rotatable bonds is 7. The summed E-state index contributed by atoms with van der Waals surface area (Å²) in [5.41, 5.74) is 19.4. The highest BCUT2D eigenvalue weighted by atomic mass is 15.0. The summed E-state index contributed by atoms with van der Waals surface area (Å²) >= 11 is 0. The zero-order valence-corrected chi connectivity index (χ0v) is 37.1. The minimum atomic E-state index is 0.836. The zero-order valence-electron chi connectivity index (χ0n) is 37.1. The molecule has 0 N–H and O–H groups in total. The van der Waals surface area contributed by atoms with Crippen molar-refractivity contribution < 1.29 is 0 Å². The fraction of sp³-hybridized carbons (Fsp3) is 0.